The highest BCUT2D eigenvalue weighted by atomic mass is 35.5. The lowest BCUT2D eigenvalue weighted by Gasteiger charge is -2.27. The van der Waals surface area contributed by atoms with Gasteiger partial charge >= 0.3 is 0 Å². The second kappa shape index (κ2) is 10.8. The van der Waals surface area contributed by atoms with E-state index in [1.807, 2.05) is 50.2 Å². The topological polar surface area (TPSA) is 38.7 Å². The van der Waals surface area contributed by atoms with Gasteiger partial charge in [0.05, 0.1) is 23.3 Å². The summed E-state index contributed by atoms with van der Waals surface area (Å²) in [6.07, 6.45) is 0. The van der Waals surface area contributed by atoms with Crippen molar-refractivity contribution in [2.45, 2.75) is 33.1 Å². The number of alkyl halides is 1. The van der Waals surface area contributed by atoms with Crippen molar-refractivity contribution in [2.24, 2.45) is 11.8 Å². The Morgan fingerprint density at radius 2 is 1.45 bits per heavy atom. The average Bonchev–Trinajstić information content (AvgIpc) is 2.71. The summed E-state index contributed by atoms with van der Waals surface area (Å²) in [6, 6.07) is 11.8. The minimum absolute atomic E-state index is 0.101. The highest BCUT2D eigenvalue weighted by Gasteiger charge is 2.26. The predicted octanol–water partition coefficient (Wildman–Crippen LogP) is 6.58. The van der Waals surface area contributed by atoms with Gasteiger partial charge in [-0.15, -0.1) is 11.6 Å². The Morgan fingerprint density at radius 1 is 0.897 bits per heavy atom. The summed E-state index contributed by atoms with van der Waals surface area (Å²) in [5.41, 5.74) is 1.79. The van der Waals surface area contributed by atoms with E-state index < -0.39 is 0 Å². The van der Waals surface area contributed by atoms with E-state index in [0.717, 1.165) is 16.9 Å². The van der Waals surface area contributed by atoms with Crippen LogP contribution in [0.2, 0.25) is 10.0 Å². The molecule has 2 atom stereocenters. The Kier molecular flexibility index (Phi) is 8.96. The minimum Gasteiger partial charge on any atom is -0.493 e. The van der Waals surface area contributed by atoms with Crippen molar-refractivity contribution in [2.75, 3.05) is 25.7 Å². The van der Waals surface area contributed by atoms with E-state index in [2.05, 4.69) is 13.8 Å². The Labute approximate surface area is 188 Å². The van der Waals surface area contributed by atoms with Gasteiger partial charge in [-0.3, -0.25) is 0 Å². The maximum atomic E-state index is 9.11. The van der Waals surface area contributed by atoms with Crippen LogP contribution in [0.1, 0.15) is 38.8 Å². The maximum absolute atomic E-state index is 9.11. The first-order valence-electron chi connectivity index (χ1n) is 9.71. The fourth-order valence-corrected chi connectivity index (χ4v) is 3.44. The van der Waals surface area contributed by atoms with Crippen molar-refractivity contribution >= 4 is 34.8 Å². The van der Waals surface area contributed by atoms with Crippen LogP contribution in [0.25, 0.3) is 0 Å². The number of hydrogen-bond acceptors (Lipinski definition) is 3. The van der Waals surface area contributed by atoms with Crippen molar-refractivity contribution in [1.29, 1.82) is 0 Å². The van der Waals surface area contributed by atoms with Crippen LogP contribution in [0.4, 0.5) is 0 Å². The predicted molar refractivity (Wildman–Crippen MR) is 122 cm³/mol. The molecule has 160 valence electrons. The van der Waals surface area contributed by atoms with Crippen LogP contribution in [0.5, 0.6) is 11.5 Å². The van der Waals surface area contributed by atoms with Gasteiger partial charge in [0.25, 0.3) is 0 Å². The lowest BCUT2D eigenvalue weighted by Crippen LogP contribution is -2.19. The van der Waals surface area contributed by atoms with Crippen molar-refractivity contribution in [3.63, 3.8) is 0 Å². The molecule has 0 aliphatic rings. The third kappa shape index (κ3) is 6.42. The molecule has 1 N–H and O–H groups in total. The molecule has 0 unspecified atom stereocenters. The van der Waals surface area contributed by atoms with Crippen LogP contribution in [0.3, 0.4) is 0 Å². The molecule has 0 saturated carbocycles. The number of benzene rings is 2. The van der Waals surface area contributed by atoms with Crippen LogP contribution in [-0.4, -0.2) is 30.8 Å². The smallest absolute Gasteiger partial charge is 0.156 e. The Bertz CT molecular complexity index is 767. The van der Waals surface area contributed by atoms with Gasteiger partial charge < -0.3 is 14.6 Å². The summed E-state index contributed by atoms with van der Waals surface area (Å²) in [7, 11) is 0. The first-order valence-corrected chi connectivity index (χ1v) is 11.0. The van der Waals surface area contributed by atoms with Crippen LogP contribution in [0.15, 0.2) is 36.4 Å². The monoisotopic (exact) mass is 458 g/mol. The summed E-state index contributed by atoms with van der Waals surface area (Å²) in [6.45, 7) is 9.23. The highest BCUT2D eigenvalue weighted by molar-refractivity contribution is 6.37. The van der Waals surface area contributed by atoms with Crippen LogP contribution < -0.4 is 9.47 Å². The Balaban J connectivity index is 2.19. The van der Waals surface area contributed by atoms with Crippen LogP contribution >= 0.6 is 34.8 Å². The summed E-state index contributed by atoms with van der Waals surface area (Å²) in [5.74, 6) is 2.09. The Hall–Kier alpha value is -1.13. The summed E-state index contributed by atoms with van der Waals surface area (Å²) >= 11 is 18.8. The van der Waals surface area contributed by atoms with Gasteiger partial charge in [0.15, 0.2) is 5.75 Å². The van der Waals surface area contributed by atoms with Crippen molar-refractivity contribution in [3.8, 4) is 11.5 Å². The molecule has 2 aromatic carbocycles. The van der Waals surface area contributed by atoms with E-state index in [1.165, 1.54) is 0 Å². The molecule has 0 radical (unpaired) electrons. The number of hydrogen-bond donors (Lipinski definition) is 1. The number of aliphatic hydroxyl groups excluding tert-OH is 1. The summed E-state index contributed by atoms with van der Waals surface area (Å²) in [4.78, 5) is 0. The largest absolute Gasteiger partial charge is 0.493 e. The molecule has 29 heavy (non-hydrogen) atoms. The van der Waals surface area contributed by atoms with Gasteiger partial charge in [0.2, 0.25) is 0 Å². The lowest BCUT2D eigenvalue weighted by atomic mass is 9.78. The second-order valence-electron chi connectivity index (χ2n) is 8.09. The maximum Gasteiger partial charge on any atom is 0.156 e. The zero-order chi connectivity index (χ0) is 21.6. The van der Waals surface area contributed by atoms with Crippen molar-refractivity contribution in [1.82, 2.24) is 0 Å². The SMILES string of the molecule is C[C@@H](CO)COc1ccc(C(C)(C)c2cc(Cl)c(OC[C@@H](C)CCl)c(Cl)c2)cc1. The third-order valence-electron chi connectivity index (χ3n) is 4.92. The number of ether oxygens (including phenoxy) is 2. The molecule has 3 nitrogen and oxygen atoms in total. The fourth-order valence-electron chi connectivity index (χ4n) is 2.75. The van der Waals surface area contributed by atoms with Gasteiger partial charge in [-0.1, -0.05) is 63.0 Å². The molecule has 0 spiro atoms. The van der Waals surface area contributed by atoms with Crippen LogP contribution in [0, 0.1) is 11.8 Å². The lowest BCUT2D eigenvalue weighted by molar-refractivity contribution is 0.174. The molecular weight excluding hydrogens is 431 g/mol. The first kappa shape index (κ1) is 24.1. The minimum atomic E-state index is -0.313. The van der Waals surface area contributed by atoms with Gasteiger partial charge in [-0.2, -0.15) is 0 Å². The molecule has 0 fully saturated rings. The molecule has 2 aromatic rings. The van der Waals surface area contributed by atoms with Crippen LogP contribution in [-0.2, 0) is 5.41 Å². The Morgan fingerprint density at radius 3 is 1.97 bits per heavy atom. The van der Waals surface area contributed by atoms with E-state index in [1.54, 1.807) is 0 Å². The molecule has 0 aliphatic heterocycles. The van der Waals surface area contributed by atoms with Crippen molar-refractivity contribution < 1.29 is 14.6 Å². The quantitative estimate of drug-likeness (QED) is 0.408. The molecular formula is C23H29Cl3O3. The third-order valence-corrected chi connectivity index (χ3v) is 6.01. The van der Waals surface area contributed by atoms with E-state index >= 15 is 0 Å². The standard InChI is InChI=1S/C23H29Cl3O3/c1-15(11-24)13-29-22-20(25)9-18(10-21(22)26)23(3,4)17-5-7-19(8-6-17)28-14-16(2)12-27/h5-10,15-16,27H,11-14H2,1-4H3/t15-,16-/m0/s1. The normalized spacial score (nSPS) is 13.8. The second-order valence-corrected chi connectivity index (χ2v) is 9.21. The molecule has 0 aliphatic carbocycles. The molecule has 0 bridgehead atoms. The summed E-state index contributed by atoms with van der Waals surface area (Å²) < 4.78 is 11.5. The average molecular weight is 460 g/mol. The molecule has 6 heteroatoms. The van der Waals surface area contributed by atoms with E-state index in [4.69, 9.17) is 49.4 Å². The number of halogens is 3. The van der Waals surface area contributed by atoms with Gasteiger partial charge in [-0.25, -0.2) is 0 Å². The first-order chi connectivity index (χ1) is 13.7. The summed E-state index contributed by atoms with van der Waals surface area (Å²) in [5, 5.41) is 10.1. The molecule has 0 saturated heterocycles. The molecule has 0 heterocycles. The number of rotatable bonds is 10. The number of aliphatic hydroxyl groups is 1. The molecule has 0 amide bonds. The van der Waals surface area contributed by atoms with E-state index in [0.29, 0.717) is 34.9 Å². The van der Waals surface area contributed by atoms with Gasteiger partial charge in [0, 0.05) is 29.7 Å². The molecule has 2 rings (SSSR count). The highest BCUT2D eigenvalue weighted by Crippen LogP contribution is 2.40. The molecule has 0 aromatic heterocycles. The zero-order valence-corrected chi connectivity index (χ0v) is 19.6. The van der Waals surface area contributed by atoms with Gasteiger partial charge in [-0.05, 0) is 35.4 Å². The van der Waals surface area contributed by atoms with Gasteiger partial charge in [0.1, 0.15) is 5.75 Å². The van der Waals surface area contributed by atoms with E-state index in [9.17, 15) is 0 Å². The van der Waals surface area contributed by atoms with E-state index in [-0.39, 0.29) is 23.9 Å². The zero-order valence-electron chi connectivity index (χ0n) is 17.3. The van der Waals surface area contributed by atoms with Crippen molar-refractivity contribution in [3.05, 3.63) is 57.6 Å². The fraction of sp³-hybridized carbons (Fsp3) is 0.478.